The van der Waals surface area contributed by atoms with Gasteiger partial charge in [-0.2, -0.15) is 8.42 Å². The largest absolute Gasteiger partial charge is 0.490 e. The molecule has 1 saturated heterocycles. The fourth-order valence-electron chi connectivity index (χ4n) is 3.59. The lowest BCUT2D eigenvalue weighted by Crippen LogP contribution is -2.27. The zero-order valence-electron chi connectivity index (χ0n) is 20.8. The first-order valence-electron chi connectivity index (χ1n) is 11.6. The second-order valence-electron chi connectivity index (χ2n) is 8.28. The summed E-state index contributed by atoms with van der Waals surface area (Å²) < 4.78 is 49.8. The van der Waals surface area contributed by atoms with Crippen LogP contribution < -0.4 is 14.2 Å². The molecular weight excluding hydrogens is 547 g/mol. The van der Waals surface area contributed by atoms with Crippen LogP contribution in [0, 0.1) is 5.82 Å². The number of halogens is 1. The number of hydrogen-bond donors (Lipinski definition) is 1. The van der Waals surface area contributed by atoms with E-state index in [-0.39, 0.29) is 40.4 Å². The summed E-state index contributed by atoms with van der Waals surface area (Å²) in [7, 11) is -4.23. The van der Waals surface area contributed by atoms with Gasteiger partial charge in [-0.25, -0.2) is 4.39 Å². The Morgan fingerprint density at radius 1 is 1.03 bits per heavy atom. The van der Waals surface area contributed by atoms with E-state index in [1.54, 1.807) is 6.92 Å². The number of anilines is 1. The lowest BCUT2D eigenvalue weighted by atomic mass is 10.1. The molecule has 0 aliphatic carbocycles. The maximum absolute atomic E-state index is 13.2. The molecule has 12 heteroatoms. The van der Waals surface area contributed by atoms with Gasteiger partial charge in [0.2, 0.25) is 5.91 Å². The average Bonchev–Trinajstić information content (AvgIpc) is 3.14. The number of rotatable bonds is 9. The van der Waals surface area contributed by atoms with E-state index in [9.17, 15) is 27.2 Å². The van der Waals surface area contributed by atoms with Gasteiger partial charge in [-0.05, 0) is 84.4 Å². The van der Waals surface area contributed by atoms with Crippen molar-refractivity contribution in [1.82, 2.24) is 4.90 Å². The van der Waals surface area contributed by atoms with Crippen LogP contribution in [0.15, 0.2) is 76.5 Å². The van der Waals surface area contributed by atoms with Gasteiger partial charge in [0, 0.05) is 12.6 Å². The minimum Gasteiger partial charge on any atom is -0.490 e. The Bertz CT molecular complexity index is 1550. The molecule has 202 valence electrons. The van der Waals surface area contributed by atoms with Crippen LogP contribution in [0.3, 0.4) is 0 Å². The van der Waals surface area contributed by atoms with Gasteiger partial charge in [0.15, 0.2) is 11.5 Å². The van der Waals surface area contributed by atoms with Crippen molar-refractivity contribution in [3.8, 4) is 11.5 Å². The highest BCUT2D eigenvalue weighted by Gasteiger charge is 2.35. The molecule has 1 aliphatic heterocycles. The lowest BCUT2D eigenvalue weighted by molar-refractivity contribution is -0.123. The van der Waals surface area contributed by atoms with Crippen molar-refractivity contribution in [2.24, 2.45) is 0 Å². The molecule has 3 aromatic carbocycles. The molecule has 3 amide bonds. The van der Waals surface area contributed by atoms with Crippen molar-refractivity contribution >= 4 is 50.7 Å². The molecular formula is C27H23FN2O7S2. The first kappa shape index (κ1) is 27.9. The van der Waals surface area contributed by atoms with Gasteiger partial charge in [-0.3, -0.25) is 19.3 Å². The van der Waals surface area contributed by atoms with Gasteiger partial charge in [0.05, 0.1) is 18.1 Å². The van der Waals surface area contributed by atoms with E-state index in [2.05, 4.69) is 5.32 Å². The van der Waals surface area contributed by atoms with Crippen LogP contribution in [0.2, 0.25) is 0 Å². The summed E-state index contributed by atoms with van der Waals surface area (Å²) in [5.74, 6) is -1.16. The predicted octanol–water partition coefficient (Wildman–Crippen LogP) is 5.19. The highest BCUT2D eigenvalue weighted by molar-refractivity contribution is 8.18. The molecule has 0 spiro atoms. The summed E-state index contributed by atoms with van der Waals surface area (Å²) >= 11 is 0.765. The molecule has 0 radical (unpaired) electrons. The highest BCUT2D eigenvalue weighted by atomic mass is 32.2. The Kier molecular flexibility index (Phi) is 8.36. The SMILES string of the molecule is CCOc1cc(/C=C2\SC(=O)N(Cc3ccc(F)cc3)C2=O)ccc1OS(=O)(=O)c1ccc(NC(C)=O)cc1. The van der Waals surface area contributed by atoms with Crippen molar-refractivity contribution in [2.45, 2.75) is 25.3 Å². The maximum Gasteiger partial charge on any atom is 0.339 e. The molecule has 1 fully saturated rings. The summed E-state index contributed by atoms with van der Waals surface area (Å²) in [4.78, 5) is 37.6. The van der Waals surface area contributed by atoms with Crippen molar-refractivity contribution in [3.63, 3.8) is 0 Å². The number of carbonyl (C=O) groups excluding carboxylic acids is 3. The average molecular weight is 571 g/mol. The standard InChI is InChI=1S/C27H23FN2O7S2/c1-3-36-24-14-19(15-25-26(32)30(27(33)38-25)16-18-4-7-20(28)8-5-18)6-13-23(24)37-39(34,35)22-11-9-21(10-12-22)29-17(2)31/h4-15H,3,16H2,1-2H3,(H,29,31)/b25-15-. The number of imide groups is 1. The molecule has 1 aliphatic rings. The fourth-order valence-corrected chi connectivity index (χ4v) is 5.36. The third-order valence-corrected chi connectivity index (χ3v) is 7.51. The van der Waals surface area contributed by atoms with Crippen molar-refractivity contribution in [1.29, 1.82) is 0 Å². The third kappa shape index (κ3) is 6.84. The van der Waals surface area contributed by atoms with E-state index < -0.39 is 27.1 Å². The number of thioether (sulfide) groups is 1. The van der Waals surface area contributed by atoms with E-state index in [1.165, 1.54) is 79.7 Å². The first-order valence-corrected chi connectivity index (χ1v) is 13.9. The topological polar surface area (TPSA) is 119 Å². The minimum absolute atomic E-state index is 0.00289. The third-order valence-electron chi connectivity index (χ3n) is 5.36. The summed E-state index contributed by atoms with van der Waals surface area (Å²) in [6.07, 6.45) is 1.50. The van der Waals surface area contributed by atoms with E-state index in [0.29, 0.717) is 16.8 Å². The maximum atomic E-state index is 13.2. The zero-order chi connectivity index (χ0) is 28.2. The monoisotopic (exact) mass is 570 g/mol. The Morgan fingerprint density at radius 2 is 1.72 bits per heavy atom. The number of carbonyl (C=O) groups is 3. The Hall–Kier alpha value is -4.16. The second kappa shape index (κ2) is 11.7. The number of benzene rings is 3. The van der Waals surface area contributed by atoms with Crippen LogP contribution in [-0.4, -0.2) is 37.0 Å². The zero-order valence-corrected chi connectivity index (χ0v) is 22.5. The van der Waals surface area contributed by atoms with Gasteiger partial charge in [0.1, 0.15) is 10.7 Å². The van der Waals surface area contributed by atoms with Gasteiger partial charge in [-0.15, -0.1) is 0 Å². The Labute approximate surface area is 228 Å². The molecule has 0 aromatic heterocycles. The van der Waals surface area contributed by atoms with Crippen molar-refractivity contribution in [3.05, 3.63) is 88.6 Å². The van der Waals surface area contributed by atoms with Crippen molar-refractivity contribution in [2.75, 3.05) is 11.9 Å². The number of hydrogen-bond acceptors (Lipinski definition) is 8. The molecule has 4 rings (SSSR count). The summed E-state index contributed by atoms with van der Waals surface area (Å²) in [5, 5.41) is 2.09. The smallest absolute Gasteiger partial charge is 0.339 e. The molecule has 0 atom stereocenters. The summed E-state index contributed by atoms with van der Waals surface area (Å²) in [6, 6.07) is 15.4. The lowest BCUT2D eigenvalue weighted by Gasteiger charge is -2.13. The number of nitrogens with zero attached hydrogens (tertiary/aromatic N) is 1. The molecule has 9 nitrogen and oxygen atoms in total. The normalized spacial score (nSPS) is 14.5. The van der Waals surface area contributed by atoms with Crippen molar-refractivity contribution < 1.29 is 36.1 Å². The quantitative estimate of drug-likeness (QED) is 0.276. The number of ether oxygens (including phenoxy) is 1. The van der Waals surface area contributed by atoms with Crippen LogP contribution in [-0.2, 0) is 26.3 Å². The van der Waals surface area contributed by atoms with Gasteiger partial charge in [-0.1, -0.05) is 18.2 Å². The van der Waals surface area contributed by atoms with Crippen LogP contribution in [0.25, 0.3) is 6.08 Å². The van der Waals surface area contributed by atoms with E-state index >= 15 is 0 Å². The predicted molar refractivity (Wildman–Crippen MR) is 144 cm³/mol. The van der Waals surface area contributed by atoms with E-state index in [1.807, 2.05) is 0 Å². The minimum atomic E-state index is -4.23. The Morgan fingerprint density at radius 3 is 2.36 bits per heavy atom. The van der Waals surface area contributed by atoms with E-state index in [0.717, 1.165) is 16.7 Å². The van der Waals surface area contributed by atoms with Gasteiger partial charge < -0.3 is 14.2 Å². The van der Waals surface area contributed by atoms with Crippen LogP contribution in [0.4, 0.5) is 14.9 Å². The second-order valence-corrected chi connectivity index (χ2v) is 10.8. The molecule has 0 saturated carbocycles. The number of amides is 3. The number of nitrogens with one attached hydrogen (secondary N) is 1. The highest BCUT2D eigenvalue weighted by Crippen LogP contribution is 2.36. The van der Waals surface area contributed by atoms with E-state index in [4.69, 9.17) is 8.92 Å². The molecule has 1 heterocycles. The summed E-state index contributed by atoms with van der Waals surface area (Å²) in [5.41, 5.74) is 1.52. The summed E-state index contributed by atoms with van der Waals surface area (Å²) in [6.45, 7) is 3.26. The Balaban J connectivity index is 1.54. The molecule has 0 unspecified atom stereocenters. The molecule has 3 aromatic rings. The van der Waals surface area contributed by atoms with Crippen LogP contribution in [0.5, 0.6) is 11.5 Å². The molecule has 0 bridgehead atoms. The first-order chi connectivity index (χ1) is 18.6. The molecule has 1 N–H and O–H groups in total. The van der Waals surface area contributed by atoms with Gasteiger partial charge >= 0.3 is 10.1 Å². The van der Waals surface area contributed by atoms with Gasteiger partial charge in [0.25, 0.3) is 11.1 Å². The fraction of sp³-hybridized carbons (Fsp3) is 0.148. The molecule has 39 heavy (non-hydrogen) atoms. The van der Waals surface area contributed by atoms with Crippen LogP contribution in [0.1, 0.15) is 25.0 Å². The van der Waals surface area contributed by atoms with Crippen LogP contribution >= 0.6 is 11.8 Å².